The van der Waals surface area contributed by atoms with E-state index in [1.165, 1.54) is 11.0 Å². The summed E-state index contributed by atoms with van der Waals surface area (Å²) in [5.41, 5.74) is -0.341. The van der Waals surface area contributed by atoms with E-state index in [1.807, 2.05) is 6.07 Å². The molecule has 0 aliphatic carbocycles. The molecule has 1 aromatic rings. The largest absolute Gasteiger partial charge is 0.496 e. The SMILES string of the molecule is C=CC(=O)N1CC(O)(c2ccc(Br)cc2OC)C1. The topological polar surface area (TPSA) is 49.8 Å². The third-order valence-electron chi connectivity index (χ3n) is 3.06. The van der Waals surface area contributed by atoms with Crippen molar-refractivity contribution in [3.05, 3.63) is 40.9 Å². The molecule has 96 valence electrons. The summed E-state index contributed by atoms with van der Waals surface area (Å²) in [5, 5.41) is 10.5. The lowest BCUT2D eigenvalue weighted by molar-refractivity contribution is -0.152. The highest BCUT2D eigenvalue weighted by Crippen LogP contribution is 2.38. The molecular weight excluding hydrogens is 298 g/mol. The first kappa shape index (κ1) is 13.1. The number of carbonyl (C=O) groups excluding carboxylic acids is 1. The molecule has 5 heteroatoms. The third-order valence-corrected chi connectivity index (χ3v) is 3.55. The second-order valence-corrected chi connectivity index (χ2v) is 5.19. The maximum Gasteiger partial charge on any atom is 0.246 e. The fourth-order valence-electron chi connectivity index (χ4n) is 2.09. The lowest BCUT2D eigenvalue weighted by Gasteiger charge is -2.46. The number of nitrogens with zero attached hydrogens (tertiary/aromatic N) is 1. The molecule has 1 N–H and O–H groups in total. The van der Waals surface area contributed by atoms with Gasteiger partial charge in [0.05, 0.1) is 20.2 Å². The second kappa shape index (κ2) is 4.74. The van der Waals surface area contributed by atoms with Crippen LogP contribution in [-0.4, -0.2) is 36.1 Å². The van der Waals surface area contributed by atoms with E-state index in [1.54, 1.807) is 19.2 Å². The van der Waals surface area contributed by atoms with Crippen LogP contribution in [-0.2, 0) is 10.4 Å². The molecule has 0 saturated carbocycles. The van der Waals surface area contributed by atoms with Crippen molar-refractivity contribution >= 4 is 21.8 Å². The monoisotopic (exact) mass is 311 g/mol. The van der Waals surface area contributed by atoms with Gasteiger partial charge in [-0.05, 0) is 18.2 Å². The molecule has 1 aliphatic rings. The van der Waals surface area contributed by atoms with Crippen molar-refractivity contribution < 1.29 is 14.6 Å². The lowest BCUT2D eigenvalue weighted by atomic mass is 9.85. The fourth-order valence-corrected chi connectivity index (χ4v) is 2.43. The van der Waals surface area contributed by atoms with E-state index >= 15 is 0 Å². The molecule has 0 bridgehead atoms. The molecule has 0 spiro atoms. The van der Waals surface area contributed by atoms with Crippen molar-refractivity contribution in [3.8, 4) is 5.75 Å². The van der Waals surface area contributed by atoms with Crippen molar-refractivity contribution in [3.63, 3.8) is 0 Å². The van der Waals surface area contributed by atoms with Crippen LogP contribution >= 0.6 is 15.9 Å². The lowest BCUT2D eigenvalue weighted by Crippen LogP contribution is -2.60. The van der Waals surface area contributed by atoms with E-state index in [-0.39, 0.29) is 19.0 Å². The Morgan fingerprint density at radius 3 is 2.83 bits per heavy atom. The highest BCUT2D eigenvalue weighted by molar-refractivity contribution is 9.10. The van der Waals surface area contributed by atoms with E-state index in [2.05, 4.69) is 22.5 Å². The minimum atomic E-state index is -1.04. The fraction of sp³-hybridized carbons (Fsp3) is 0.308. The minimum absolute atomic E-state index is 0.171. The molecule has 1 fully saturated rings. The van der Waals surface area contributed by atoms with Crippen LogP contribution in [0.1, 0.15) is 5.56 Å². The van der Waals surface area contributed by atoms with Crippen LogP contribution in [0, 0.1) is 0 Å². The average molecular weight is 312 g/mol. The Balaban J connectivity index is 2.23. The number of amides is 1. The predicted octanol–water partition coefficient (Wildman–Crippen LogP) is 1.67. The molecular formula is C13H14BrNO3. The summed E-state index contributed by atoms with van der Waals surface area (Å²) >= 11 is 3.35. The first-order valence-corrected chi connectivity index (χ1v) is 6.27. The number of β-amino-alcohol motifs (C(OH)–C–C–N with tert-alkyl or cyclic N) is 1. The Kier molecular flexibility index (Phi) is 3.45. The summed E-state index contributed by atoms with van der Waals surface area (Å²) in [5.74, 6) is 0.438. The molecule has 18 heavy (non-hydrogen) atoms. The van der Waals surface area contributed by atoms with Gasteiger partial charge in [0.25, 0.3) is 0 Å². The molecule has 1 heterocycles. The normalized spacial score (nSPS) is 16.9. The smallest absolute Gasteiger partial charge is 0.246 e. The molecule has 1 aromatic carbocycles. The second-order valence-electron chi connectivity index (χ2n) is 4.27. The van der Waals surface area contributed by atoms with Crippen LogP contribution in [0.5, 0.6) is 5.75 Å². The number of carbonyl (C=O) groups is 1. The molecule has 1 saturated heterocycles. The first-order chi connectivity index (χ1) is 8.50. The van der Waals surface area contributed by atoms with Gasteiger partial charge in [0.2, 0.25) is 5.91 Å². The van der Waals surface area contributed by atoms with E-state index in [0.717, 1.165) is 4.47 Å². The van der Waals surface area contributed by atoms with Gasteiger partial charge in [-0.15, -0.1) is 0 Å². The van der Waals surface area contributed by atoms with Gasteiger partial charge in [-0.25, -0.2) is 0 Å². The Morgan fingerprint density at radius 1 is 1.61 bits per heavy atom. The van der Waals surface area contributed by atoms with Crippen molar-refractivity contribution in [1.29, 1.82) is 0 Å². The number of halogens is 1. The van der Waals surface area contributed by atoms with Crippen LogP contribution in [0.4, 0.5) is 0 Å². The molecule has 0 unspecified atom stereocenters. The Bertz CT molecular complexity index is 495. The minimum Gasteiger partial charge on any atom is -0.496 e. The zero-order chi connectivity index (χ0) is 13.3. The predicted molar refractivity (Wildman–Crippen MR) is 71.4 cm³/mol. The van der Waals surface area contributed by atoms with E-state index in [4.69, 9.17) is 4.74 Å². The van der Waals surface area contributed by atoms with Gasteiger partial charge in [-0.2, -0.15) is 0 Å². The van der Waals surface area contributed by atoms with Gasteiger partial charge < -0.3 is 14.7 Å². The van der Waals surface area contributed by atoms with Gasteiger partial charge in [0.15, 0.2) is 0 Å². The van der Waals surface area contributed by atoms with E-state index < -0.39 is 5.60 Å². The van der Waals surface area contributed by atoms with Crippen molar-refractivity contribution in [2.45, 2.75) is 5.60 Å². The summed E-state index contributed by atoms with van der Waals surface area (Å²) in [6.45, 7) is 3.95. The number of benzene rings is 1. The Hall–Kier alpha value is -1.33. The number of ether oxygens (including phenoxy) is 1. The molecule has 0 radical (unpaired) electrons. The first-order valence-electron chi connectivity index (χ1n) is 5.48. The van der Waals surface area contributed by atoms with Crippen LogP contribution in [0.15, 0.2) is 35.3 Å². The van der Waals surface area contributed by atoms with Gasteiger partial charge in [-0.1, -0.05) is 28.6 Å². The quantitative estimate of drug-likeness (QED) is 0.864. The molecule has 1 amide bonds. The molecule has 4 nitrogen and oxygen atoms in total. The van der Waals surface area contributed by atoms with Crippen LogP contribution in [0.3, 0.4) is 0 Å². The zero-order valence-corrected chi connectivity index (χ0v) is 11.6. The number of rotatable bonds is 3. The number of likely N-dealkylation sites (tertiary alicyclic amines) is 1. The maximum atomic E-state index is 11.4. The van der Waals surface area contributed by atoms with Gasteiger partial charge in [0.1, 0.15) is 11.4 Å². The van der Waals surface area contributed by atoms with Crippen LogP contribution in [0.25, 0.3) is 0 Å². The molecule has 0 aromatic heterocycles. The van der Waals surface area contributed by atoms with E-state index in [9.17, 15) is 9.90 Å². The molecule has 1 aliphatic heterocycles. The maximum absolute atomic E-state index is 11.4. The summed E-state index contributed by atoms with van der Waals surface area (Å²) in [6.07, 6.45) is 1.25. The number of hydrogen-bond donors (Lipinski definition) is 1. The van der Waals surface area contributed by atoms with Crippen molar-refractivity contribution in [2.75, 3.05) is 20.2 Å². The van der Waals surface area contributed by atoms with Crippen LogP contribution < -0.4 is 4.74 Å². The summed E-state index contributed by atoms with van der Waals surface area (Å²) in [4.78, 5) is 12.9. The Morgan fingerprint density at radius 2 is 2.28 bits per heavy atom. The van der Waals surface area contributed by atoms with E-state index in [0.29, 0.717) is 11.3 Å². The standard InChI is InChI=1S/C13H14BrNO3/c1-3-12(16)15-7-13(17,8-15)10-5-4-9(14)6-11(10)18-2/h3-6,17H,1,7-8H2,2H3. The number of methoxy groups -OCH3 is 1. The highest BCUT2D eigenvalue weighted by atomic mass is 79.9. The summed E-state index contributed by atoms with van der Waals surface area (Å²) in [6, 6.07) is 5.44. The van der Waals surface area contributed by atoms with Gasteiger partial charge >= 0.3 is 0 Å². The highest BCUT2D eigenvalue weighted by Gasteiger charge is 2.45. The Labute approximate surface area is 114 Å². The molecule has 0 atom stereocenters. The van der Waals surface area contributed by atoms with Gasteiger partial charge in [0, 0.05) is 10.0 Å². The third kappa shape index (κ3) is 2.15. The summed E-state index contributed by atoms with van der Waals surface area (Å²) in [7, 11) is 1.56. The zero-order valence-electron chi connectivity index (χ0n) is 10.0. The van der Waals surface area contributed by atoms with Crippen molar-refractivity contribution in [2.24, 2.45) is 0 Å². The van der Waals surface area contributed by atoms with Gasteiger partial charge in [-0.3, -0.25) is 4.79 Å². The van der Waals surface area contributed by atoms with Crippen molar-refractivity contribution in [1.82, 2.24) is 4.90 Å². The average Bonchev–Trinajstić information content (AvgIpc) is 2.33. The molecule has 2 rings (SSSR count). The summed E-state index contributed by atoms with van der Waals surface area (Å²) < 4.78 is 6.14. The number of hydrogen-bond acceptors (Lipinski definition) is 3. The number of aliphatic hydroxyl groups is 1. The van der Waals surface area contributed by atoms with Crippen LogP contribution in [0.2, 0.25) is 0 Å².